The molecule has 5 rings (SSSR count). The van der Waals surface area contributed by atoms with E-state index in [0.717, 1.165) is 16.6 Å². The summed E-state index contributed by atoms with van der Waals surface area (Å²) in [7, 11) is 1.83. The van der Waals surface area contributed by atoms with Crippen LogP contribution >= 0.6 is 0 Å². The summed E-state index contributed by atoms with van der Waals surface area (Å²) < 4.78 is 20.0. The second-order valence-electron chi connectivity index (χ2n) is 7.99. The zero-order valence-corrected chi connectivity index (χ0v) is 17.1. The molecule has 1 N–H and O–H groups in total. The van der Waals surface area contributed by atoms with Gasteiger partial charge in [-0.2, -0.15) is 10.4 Å². The van der Waals surface area contributed by atoms with Crippen LogP contribution in [0.2, 0.25) is 0 Å². The van der Waals surface area contributed by atoms with Gasteiger partial charge in [-0.15, -0.1) is 0 Å². The van der Waals surface area contributed by atoms with Gasteiger partial charge >= 0.3 is 6.09 Å². The van der Waals surface area contributed by atoms with Crippen molar-refractivity contribution in [3.05, 3.63) is 30.2 Å². The van der Waals surface area contributed by atoms with E-state index in [-0.39, 0.29) is 12.2 Å². The van der Waals surface area contributed by atoms with Crippen molar-refractivity contribution < 1.29 is 13.9 Å². The number of H-pyrrole nitrogens is 1. The maximum Gasteiger partial charge on any atom is 0.410 e. The number of piperazine rings is 1. The van der Waals surface area contributed by atoms with Gasteiger partial charge < -0.3 is 19.5 Å². The van der Waals surface area contributed by atoms with Gasteiger partial charge in [0.25, 0.3) is 0 Å². The standard InChI is InChI=1S/C21H22FN7O2/c1-27-12-13(11-25-27)19-16(10-23)18-17(2-3-24-20(18)26-19)28-4-6-29(7-5-28)21(30)31-15-8-14(22)9-15/h2-3,11-12,14-15H,4-9H2,1H3,(H,24,26)/t14-,15-. The summed E-state index contributed by atoms with van der Waals surface area (Å²) in [6, 6.07) is 4.22. The molecular formula is C21H22FN7O2. The highest BCUT2D eigenvalue weighted by atomic mass is 19.1. The molecule has 4 heterocycles. The molecule has 1 saturated carbocycles. The number of halogens is 1. The van der Waals surface area contributed by atoms with E-state index < -0.39 is 6.17 Å². The summed E-state index contributed by atoms with van der Waals surface area (Å²) >= 11 is 0. The van der Waals surface area contributed by atoms with Gasteiger partial charge in [0.1, 0.15) is 24.0 Å². The Morgan fingerprint density at radius 3 is 2.74 bits per heavy atom. The largest absolute Gasteiger partial charge is 0.446 e. The van der Waals surface area contributed by atoms with Crippen LogP contribution in [0.15, 0.2) is 24.7 Å². The molecule has 1 aliphatic heterocycles. The predicted molar refractivity (Wildman–Crippen MR) is 111 cm³/mol. The minimum atomic E-state index is -0.851. The number of aromatic amines is 1. The van der Waals surface area contributed by atoms with Crippen molar-refractivity contribution in [2.75, 3.05) is 31.1 Å². The molecule has 1 aliphatic carbocycles. The number of ether oxygens (including phenoxy) is 1. The molecule has 10 heteroatoms. The lowest BCUT2D eigenvalue weighted by atomic mass is 9.94. The van der Waals surface area contributed by atoms with Crippen LogP contribution in [-0.2, 0) is 11.8 Å². The molecule has 2 aliphatic rings. The van der Waals surface area contributed by atoms with E-state index in [1.54, 1.807) is 22.0 Å². The highest BCUT2D eigenvalue weighted by molar-refractivity contribution is 6.00. The molecule has 0 spiro atoms. The second-order valence-corrected chi connectivity index (χ2v) is 7.99. The first kappa shape index (κ1) is 19.4. The number of hydrogen-bond acceptors (Lipinski definition) is 6. The Morgan fingerprint density at radius 1 is 1.32 bits per heavy atom. The first-order valence-electron chi connectivity index (χ1n) is 10.3. The fourth-order valence-electron chi connectivity index (χ4n) is 4.19. The van der Waals surface area contributed by atoms with E-state index >= 15 is 0 Å². The van der Waals surface area contributed by atoms with Crippen LogP contribution in [0.5, 0.6) is 0 Å². The number of carbonyl (C=O) groups is 1. The molecule has 1 amide bonds. The summed E-state index contributed by atoms with van der Waals surface area (Å²) in [6.45, 7) is 2.19. The lowest BCUT2D eigenvalue weighted by Gasteiger charge is -2.37. The third-order valence-corrected chi connectivity index (χ3v) is 5.96. The Balaban J connectivity index is 1.37. The van der Waals surface area contributed by atoms with Gasteiger partial charge in [-0.05, 0) is 6.07 Å². The number of nitrogens with one attached hydrogen (secondary N) is 1. The maximum absolute atomic E-state index is 13.0. The van der Waals surface area contributed by atoms with Crippen molar-refractivity contribution in [1.29, 1.82) is 5.26 Å². The Hall–Kier alpha value is -3.61. The number of nitriles is 1. The summed E-state index contributed by atoms with van der Waals surface area (Å²) in [5.74, 6) is 0. The van der Waals surface area contributed by atoms with Crippen LogP contribution in [0.1, 0.15) is 18.4 Å². The molecule has 3 aromatic heterocycles. The van der Waals surface area contributed by atoms with Crippen molar-refractivity contribution in [3.63, 3.8) is 0 Å². The van der Waals surface area contributed by atoms with Crippen LogP contribution in [0.3, 0.4) is 0 Å². The number of nitrogens with zero attached hydrogens (tertiary/aromatic N) is 6. The highest BCUT2D eigenvalue weighted by Crippen LogP contribution is 2.35. The molecule has 0 unspecified atom stereocenters. The molecule has 31 heavy (non-hydrogen) atoms. The Bertz CT molecular complexity index is 1170. The number of amides is 1. The maximum atomic E-state index is 13.0. The molecule has 1 saturated heterocycles. The number of anilines is 1. The zero-order chi connectivity index (χ0) is 21.5. The number of carbonyl (C=O) groups excluding carboxylic acids is 1. The second kappa shape index (κ2) is 7.58. The lowest BCUT2D eigenvalue weighted by molar-refractivity contribution is -0.0132. The normalized spacial score (nSPS) is 21.1. The van der Waals surface area contributed by atoms with Crippen LogP contribution in [-0.4, -0.2) is 69.2 Å². The van der Waals surface area contributed by atoms with E-state index in [1.807, 2.05) is 19.3 Å². The topological polar surface area (TPSA) is 103 Å². The summed E-state index contributed by atoms with van der Waals surface area (Å²) in [5.41, 5.74) is 3.58. The number of fused-ring (bicyclic) bond motifs is 1. The van der Waals surface area contributed by atoms with Gasteiger partial charge in [-0.25, -0.2) is 14.2 Å². The Kier molecular flexibility index (Phi) is 4.73. The number of rotatable bonds is 3. The van der Waals surface area contributed by atoms with Crippen LogP contribution in [0.25, 0.3) is 22.3 Å². The molecular weight excluding hydrogens is 401 g/mol. The quantitative estimate of drug-likeness (QED) is 0.695. The monoisotopic (exact) mass is 423 g/mol. The number of alkyl halides is 1. The van der Waals surface area contributed by atoms with Gasteiger partial charge in [-0.3, -0.25) is 4.68 Å². The third-order valence-electron chi connectivity index (χ3n) is 5.96. The number of pyridine rings is 1. The zero-order valence-electron chi connectivity index (χ0n) is 17.1. The fraction of sp³-hybridized carbons (Fsp3) is 0.429. The highest BCUT2D eigenvalue weighted by Gasteiger charge is 2.34. The summed E-state index contributed by atoms with van der Waals surface area (Å²) in [4.78, 5) is 23.8. The van der Waals surface area contributed by atoms with Crippen LogP contribution < -0.4 is 4.90 Å². The number of aryl methyl sites for hydroxylation is 1. The molecule has 9 nitrogen and oxygen atoms in total. The van der Waals surface area contributed by atoms with Crippen molar-refractivity contribution >= 4 is 22.8 Å². The van der Waals surface area contributed by atoms with Gasteiger partial charge in [0.05, 0.1) is 28.5 Å². The molecule has 0 atom stereocenters. The Labute approximate surface area is 178 Å². The first-order chi connectivity index (χ1) is 15.0. The minimum Gasteiger partial charge on any atom is -0.446 e. The molecule has 3 aromatic rings. The molecule has 160 valence electrons. The molecule has 0 aromatic carbocycles. The summed E-state index contributed by atoms with van der Waals surface area (Å²) in [6.07, 6.45) is 4.34. The molecule has 0 bridgehead atoms. The summed E-state index contributed by atoms with van der Waals surface area (Å²) in [5, 5.41) is 14.9. The average Bonchev–Trinajstić information content (AvgIpc) is 3.35. The van der Waals surface area contributed by atoms with Gasteiger partial charge in [0, 0.05) is 64.0 Å². The van der Waals surface area contributed by atoms with Crippen LogP contribution in [0.4, 0.5) is 14.9 Å². The third kappa shape index (κ3) is 3.46. The van der Waals surface area contributed by atoms with Crippen molar-refractivity contribution in [2.45, 2.75) is 25.1 Å². The number of hydrogen-bond donors (Lipinski definition) is 1. The predicted octanol–water partition coefficient (Wildman–Crippen LogP) is 2.59. The van der Waals surface area contributed by atoms with Crippen molar-refractivity contribution in [2.24, 2.45) is 7.05 Å². The fourth-order valence-corrected chi connectivity index (χ4v) is 4.19. The smallest absolute Gasteiger partial charge is 0.410 e. The van der Waals surface area contributed by atoms with Gasteiger partial charge in [0.15, 0.2) is 0 Å². The Morgan fingerprint density at radius 2 is 2.10 bits per heavy atom. The average molecular weight is 423 g/mol. The van der Waals surface area contributed by atoms with E-state index in [4.69, 9.17) is 4.74 Å². The van der Waals surface area contributed by atoms with E-state index in [1.165, 1.54) is 0 Å². The molecule has 2 fully saturated rings. The van der Waals surface area contributed by atoms with Crippen molar-refractivity contribution in [3.8, 4) is 17.3 Å². The number of aromatic nitrogens is 4. The SMILES string of the molecule is Cn1cc(-c2[nH]c3nccc(N4CCN(C(=O)O[C@H]5C[C@H](F)C5)CC4)c3c2C#N)cn1. The van der Waals surface area contributed by atoms with E-state index in [2.05, 4.69) is 26.0 Å². The minimum absolute atomic E-state index is 0.296. The molecule has 0 radical (unpaired) electrons. The van der Waals surface area contributed by atoms with Crippen molar-refractivity contribution in [1.82, 2.24) is 24.6 Å². The van der Waals surface area contributed by atoms with E-state index in [0.29, 0.717) is 55.9 Å². The lowest BCUT2D eigenvalue weighted by Crippen LogP contribution is -2.50. The van der Waals surface area contributed by atoms with Crippen LogP contribution in [0, 0.1) is 11.3 Å². The van der Waals surface area contributed by atoms with E-state index in [9.17, 15) is 14.4 Å². The van der Waals surface area contributed by atoms with Gasteiger partial charge in [-0.1, -0.05) is 0 Å². The first-order valence-corrected chi connectivity index (χ1v) is 10.3. The van der Waals surface area contributed by atoms with Gasteiger partial charge in [0.2, 0.25) is 0 Å².